The molecule has 2 nitrogen and oxygen atoms in total. The number of fused-ring (bicyclic) bond motifs is 1. The highest BCUT2D eigenvalue weighted by Crippen LogP contribution is 2.56. The lowest BCUT2D eigenvalue weighted by molar-refractivity contribution is 0.361. The number of piperidine rings is 1. The lowest BCUT2D eigenvalue weighted by atomic mass is 9.96. The quantitative estimate of drug-likeness (QED) is 0.818. The van der Waals surface area contributed by atoms with Gasteiger partial charge in [0, 0.05) is 17.9 Å². The van der Waals surface area contributed by atoms with Gasteiger partial charge in [0.1, 0.15) is 0 Å². The molecule has 3 atom stereocenters. The van der Waals surface area contributed by atoms with Gasteiger partial charge in [0.25, 0.3) is 0 Å². The molecular weight excluding hydrogens is 232 g/mol. The molecule has 0 bridgehead atoms. The molecule has 3 unspecified atom stereocenters. The Morgan fingerprint density at radius 1 is 1.16 bits per heavy atom. The van der Waals surface area contributed by atoms with Gasteiger partial charge in [-0.3, -0.25) is 0 Å². The Bertz CT molecular complexity index is 427. The van der Waals surface area contributed by atoms with Crippen LogP contribution in [0.2, 0.25) is 0 Å². The molecule has 0 aromatic heterocycles. The van der Waals surface area contributed by atoms with Crippen LogP contribution >= 0.6 is 0 Å². The highest BCUT2D eigenvalue weighted by molar-refractivity contribution is 5.24. The maximum Gasteiger partial charge on any atom is 0.0259 e. The van der Waals surface area contributed by atoms with Gasteiger partial charge in [-0.15, -0.1) is 0 Å². The minimum absolute atomic E-state index is 0.895. The maximum absolute atomic E-state index is 4.38. The zero-order chi connectivity index (χ0) is 13.0. The monoisotopic (exact) mass is 258 g/mol. The van der Waals surface area contributed by atoms with Crippen molar-refractivity contribution in [3.63, 3.8) is 0 Å². The first-order chi connectivity index (χ1) is 9.25. The van der Waals surface area contributed by atoms with E-state index in [4.69, 9.17) is 0 Å². The SMILES string of the molecule is C=C1CC(C2C3CNCC32)CN1C1=C(C)CCCC1. The summed E-state index contributed by atoms with van der Waals surface area (Å²) < 4.78 is 0. The zero-order valence-electron chi connectivity index (χ0n) is 12.1. The van der Waals surface area contributed by atoms with Crippen LogP contribution in [-0.2, 0) is 0 Å². The van der Waals surface area contributed by atoms with Gasteiger partial charge in [0.2, 0.25) is 0 Å². The Morgan fingerprint density at radius 2 is 1.89 bits per heavy atom. The summed E-state index contributed by atoms with van der Waals surface area (Å²) in [6.45, 7) is 10.5. The summed E-state index contributed by atoms with van der Waals surface area (Å²) in [5.74, 6) is 3.90. The molecule has 4 aliphatic rings. The first kappa shape index (κ1) is 12.0. The summed E-state index contributed by atoms with van der Waals surface area (Å²) >= 11 is 0. The van der Waals surface area contributed by atoms with Crippen molar-refractivity contribution < 1.29 is 0 Å². The topological polar surface area (TPSA) is 15.3 Å². The smallest absolute Gasteiger partial charge is 0.0259 e. The fourth-order valence-corrected chi connectivity index (χ4v) is 4.97. The predicted octanol–water partition coefficient (Wildman–Crippen LogP) is 3.14. The molecule has 0 aromatic carbocycles. The lowest BCUT2D eigenvalue weighted by Gasteiger charge is -2.29. The molecule has 2 heteroatoms. The Balaban J connectivity index is 1.48. The molecule has 1 saturated carbocycles. The molecule has 2 saturated heterocycles. The van der Waals surface area contributed by atoms with E-state index in [1.807, 2.05) is 0 Å². The molecule has 19 heavy (non-hydrogen) atoms. The van der Waals surface area contributed by atoms with Crippen molar-refractivity contribution in [2.75, 3.05) is 19.6 Å². The van der Waals surface area contributed by atoms with Crippen LogP contribution in [0.15, 0.2) is 23.5 Å². The van der Waals surface area contributed by atoms with Crippen LogP contribution < -0.4 is 5.32 Å². The standard InChI is InChI=1S/C17H26N2/c1-11-5-3-4-6-16(11)19-10-13(7-12(19)2)17-14-8-18-9-15(14)17/h13-15,17-18H,2-10H2,1H3. The third-order valence-electron chi connectivity index (χ3n) is 6.03. The molecule has 2 aliphatic heterocycles. The molecule has 104 valence electrons. The van der Waals surface area contributed by atoms with Crippen LogP contribution in [0.4, 0.5) is 0 Å². The van der Waals surface area contributed by atoms with Crippen molar-refractivity contribution in [2.24, 2.45) is 23.7 Å². The number of nitrogens with zero attached hydrogens (tertiary/aromatic N) is 1. The lowest BCUT2D eigenvalue weighted by Crippen LogP contribution is -2.24. The van der Waals surface area contributed by atoms with Gasteiger partial charge in [0.15, 0.2) is 0 Å². The minimum atomic E-state index is 0.895. The van der Waals surface area contributed by atoms with E-state index in [0.717, 1.165) is 23.7 Å². The van der Waals surface area contributed by atoms with Gasteiger partial charge < -0.3 is 10.2 Å². The number of hydrogen-bond donors (Lipinski definition) is 1. The van der Waals surface area contributed by atoms with Crippen LogP contribution in [0.5, 0.6) is 0 Å². The third-order valence-corrected chi connectivity index (χ3v) is 6.03. The average molecular weight is 258 g/mol. The average Bonchev–Trinajstić information content (AvgIpc) is 2.76. The van der Waals surface area contributed by atoms with Gasteiger partial charge in [-0.2, -0.15) is 0 Å². The van der Waals surface area contributed by atoms with E-state index in [1.165, 1.54) is 57.4 Å². The van der Waals surface area contributed by atoms with Gasteiger partial charge >= 0.3 is 0 Å². The van der Waals surface area contributed by atoms with Crippen LogP contribution in [0, 0.1) is 23.7 Å². The zero-order valence-corrected chi connectivity index (χ0v) is 12.1. The highest BCUT2D eigenvalue weighted by Gasteiger charge is 2.57. The Morgan fingerprint density at radius 3 is 2.63 bits per heavy atom. The number of hydrogen-bond acceptors (Lipinski definition) is 2. The second-order valence-electron chi connectivity index (χ2n) is 7.14. The molecule has 0 spiro atoms. The molecule has 0 amide bonds. The Hall–Kier alpha value is -0.760. The van der Waals surface area contributed by atoms with Gasteiger partial charge in [-0.25, -0.2) is 0 Å². The molecule has 2 heterocycles. The second kappa shape index (κ2) is 4.37. The van der Waals surface area contributed by atoms with Crippen LogP contribution in [0.25, 0.3) is 0 Å². The molecule has 1 N–H and O–H groups in total. The predicted molar refractivity (Wildman–Crippen MR) is 78.5 cm³/mol. The van der Waals surface area contributed by atoms with E-state index in [-0.39, 0.29) is 0 Å². The molecular formula is C17H26N2. The molecule has 0 radical (unpaired) electrons. The van der Waals surface area contributed by atoms with E-state index in [9.17, 15) is 0 Å². The first-order valence-electron chi connectivity index (χ1n) is 8.10. The van der Waals surface area contributed by atoms with Crippen LogP contribution in [-0.4, -0.2) is 24.5 Å². The van der Waals surface area contributed by atoms with Crippen molar-refractivity contribution in [3.05, 3.63) is 23.5 Å². The van der Waals surface area contributed by atoms with E-state index >= 15 is 0 Å². The van der Waals surface area contributed by atoms with Crippen molar-refractivity contribution in [1.29, 1.82) is 0 Å². The molecule has 4 rings (SSSR count). The summed E-state index contributed by atoms with van der Waals surface area (Å²) in [7, 11) is 0. The highest BCUT2D eigenvalue weighted by atomic mass is 15.2. The summed E-state index contributed by atoms with van der Waals surface area (Å²) in [4.78, 5) is 2.60. The van der Waals surface area contributed by atoms with E-state index < -0.39 is 0 Å². The van der Waals surface area contributed by atoms with E-state index in [1.54, 1.807) is 11.3 Å². The second-order valence-corrected chi connectivity index (χ2v) is 7.14. The maximum atomic E-state index is 4.38. The largest absolute Gasteiger partial charge is 0.349 e. The van der Waals surface area contributed by atoms with Crippen molar-refractivity contribution in [2.45, 2.75) is 39.0 Å². The molecule has 0 aromatic rings. The fourth-order valence-electron chi connectivity index (χ4n) is 4.97. The normalized spacial score (nSPS) is 41.9. The van der Waals surface area contributed by atoms with Crippen LogP contribution in [0.1, 0.15) is 39.0 Å². The number of likely N-dealkylation sites (tertiary alicyclic amines) is 1. The van der Waals surface area contributed by atoms with Gasteiger partial charge in [0.05, 0.1) is 0 Å². The Kier molecular flexibility index (Phi) is 2.77. The van der Waals surface area contributed by atoms with Gasteiger partial charge in [-0.1, -0.05) is 12.2 Å². The van der Waals surface area contributed by atoms with Gasteiger partial charge in [-0.05, 0) is 75.8 Å². The third kappa shape index (κ3) is 1.87. The van der Waals surface area contributed by atoms with E-state index in [0.29, 0.717) is 0 Å². The number of rotatable bonds is 2. The van der Waals surface area contributed by atoms with Crippen molar-refractivity contribution in [3.8, 4) is 0 Å². The summed E-state index contributed by atoms with van der Waals surface area (Å²) in [6, 6.07) is 0. The number of allylic oxidation sites excluding steroid dienone is 3. The summed E-state index contributed by atoms with van der Waals surface area (Å²) in [5.41, 5.74) is 4.66. The van der Waals surface area contributed by atoms with Crippen LogP contribution in [0.3, 0.4) is 0 Å². The van der Waals surface area contributed by atoms with Crippen molar-refractivity contribution in [1.82, 2.24) is 10.2 Å². The fraction of sp³-hybridized carbons (Fsp3) is 0.765. The van der Waals surface area contributed by atoms with Crippen molar-refractivity contribution >= 4 is 0 Å². The minimum Gasteiger partial charge on any atom is -0.349 e. The summed E-state index contributed by atoms with van der Waals surface area (Å²) in [5, 5.41) is 3.52. The van der Waals surface area contributed by atoms with E-state index in [2.05, 4.69) is 23.7 Å². The molecule has 2 aliphatic carbocycles. The summed E-state index contributed by atoms with van der Waals surface area (Å²) in [6.07, 6.45) is 6.62. The Labute approximate surface area is 116 Å². The number of nitrogens with one attached hydrogen (secondary N) is 1. The molecule has 3 fully saturated rings. The first-order valence-corrected chi connectivity index (χ1v) is 8.10.